The van der Waals surface area contributed by atoms with Crippen molar-refractivity contribution in [3.8, 4) is 12.3 Å². The fraction of sp³-hybridized carbons (Fsp3) is 0.308. The van der Waals surface area contributed by atoms with Crippen LogP contribution in [-0.2, 0) is 14.8 Å². The van der Waals surface area contributed by atoms with Crippen LogP contribution in [0.4, 0.5) is 5.69 Å². The molecular weight excluding hydrogens is 264 g/mol. The Labute approximate surface area is 113 Å². The first-order valence-electron chi connectivity index (χ1n) is 5.68. The highest BCUT2D eigenvalue weighted by molar-refractivity contribution is 7.89. The summed E-state index contributed by atoms with van der Waals surface area (Å²) in [6.07, 6.45) is 5.45. The summed E-state index contributed by atoms with van der Waals surface area (Å²) in [7, 11) is -3.59. The van der Waals surface area contributed by atoms with E-state index in [9.17, 15) is 13.2 Å². The lowest BCUT2D eigenvalue weighted by Gasteiger charge is -2.12. The van der Waals surface area contributed by atoms with Crippen molar-refractivity contribution in [2.24, 2.45) is 0 Å². The zero-order valence-electron chi connectivity index (χ0n) is 10.8. The number of rotatable bonds is 5. The minimum Gasteiger partial charge on any atom is -0.326 e. The number of amides is 1. The predicted molar refractivity (Wildman–Crippen MR) is 74.0 cm³/mol. The number of nitrogens with one attached hydrogen (secondary N) is 2. The van der Waals surface area contributed by atoms with Gasteiger partial charge in [-0.2, -0.15) is 0 Å². The molecule has 0 aliphatic carbocycles. The van der Waals surface area contributed by atoms with Gasteiger partial charge in [0.05, 0.1) is 4.90 Å². The maximum Gasteiger partial charge on any atom is 0.240 e. The molecule has 0 aliphatic rings. The van der Waals surface area contributed by atoms with Crippen LogP contribution in [0.2, 0.25) is 0 Å². The third-order valence-corrected chi connectivity index (χ3v) is 3.87. The van der Waals surface area contributed by atoms with Crippen molar-refractivity contribution in [3.63, 3.8) is 0 Å². The van der Waals surface area contributed by atoms with Crippen molar-refractivity contribution in [3.05, 3.63) is 24.3 Å². The lowest BCUT2D eigenvalue weighted by atomic mass is 10.3. The largest absolute Gasteiger partial charge is 0.326 e. The molecule has 2 N–H and O–H groups in total. The highest BCUT2D eigenvalue weighted by atomic mass is 32.2. The van der Waals surface area contributed by atoms with Crippen LogP contribution in [0.1, 0.15) is 20.3 Å². The number of benzene rings is 1. The van der Waals surface area contributed by atoms with Gasteiger partial charge in [0.1, 0.15) is 0 Å². The molecule has 1 unspecified atom stereocenters. The van der Waals surface area contributed by atoms with Crippen LogP contribution in [0.25, 0.3) is 0 Å². The molecule has 0 aliphatic heterocycles. The van der Waals surface area contributed by atoms with Gasteiger partial charge in [-0.05, 0) is 31.2 Å². The molecule has 0 bridgehead atoms. The summed E-state index contributed by atoms with van der Waals surface area (Å²) in [6, 6.07) is 5.58. The van der Waals surface area contributed by atoms with Gasteiger partial charge < -0.3 is 5.32 Å². The Morgan fingerprint density at radius 2 is 1.95 bits per heavy atom. The fourth-order valence-corrected chi connectivity index (χ4v) is 2.72. The van der Waals surface area contributed by atoms with Crippen molar-refractivity contribution in [2.45, 2.75) is 31.2 Å². The van der Waals surface area contributed by atoms with Crippen LogP contribution in [0.3, 0.4) is 0 Å². The number of hydrogen-bond donors (Lipinski definition) is 2. The van der Waals surface area contributed by atoms with E-state index in [1.54, 1.807) is 6.92 Å². The molecule has 0 saturated carbocycles. The summed E-state index contributed by atoms with van der Waals surface area (Å²) in [6.45, 7) is 3.08. The summed E-state index contributed by atoms with van der Waals surface area (Å²) in [5.74, 6) is 2.19. The molecule has 0 spiro atoms. The minimum absolute atomic E-state index is 0.130. The Hall–Kier alpha value is -1.84. The fourth-order valence-electron chi connectivity index (χ4n) is 1.47. The number of terminal acetylenes is 1. The van der Waals surface area contributed by atoms with E-state index in [-0.39, 0.29) is 16.8 Å². The average molecular weight is 280 g/mol. The molecule has 0 saturated heterocycles. The first kappa shape index (κ1) is 15.2. The van der Waals surface area contributed by atoms with E-state index in [2.05, 4.69) is 16.0 Å². The molecule has 19 heavy (non-hydrogen) atoms. The maximum absolute atomic E-state index is 12.0. The van der Waals surface area contributed by atoms with Gasteiger partial charge in [-0.25, -0.2) is 13.1 Å². The highest BCUT2D eigenvalue weighted by Gasteiger charge is 2.16. The molecule has 1 amide bonds. The Balaban J connectivity index is 2.85. The van der Waals surface area contributed by atoms with Crippen LogP contribution in [0.15, 0.2) is 29.2 Å². The molecule has 0 radical (unpaired) electrons. The molecule has 1 rings (SSSR count). The molecule has 1 aromatic carbocycles. The van der Waals surface area contributed by atoms with Crippen molar-refractivity contribution < 1.29 is 13.2 Å². The third kappa shape index (κ3) is 4.73. The minimum atomic E-state index is -3.59. The molecule has 1 aromatic rings. The van der Waals surface area contributed by atoms with E-state index in [0.29, 0.717) is 12.1 Å². The van der Waals surface area contributed by atoms with Crippen LogP contribution in [0.5, 0.6) is 0 Å². The molecule has 0 aromatic heterocycles. The SMILES string of the molecule is C#CCC(C)NS(=O)(=O)c1ccc(NC(C)=O)cc1. The second kappa shape index (κ2) is 6.36. The number of sulfonamides is 1. The number of carbonyl (C=O) groups excluding carboxylic acids is 1. The molecular formula is C13H16N2O3S. The monoisotopic (exact) mass is 280 g/mol. The summed E-state index contributed by atoms with van der Waals surface area (Å²) in [5.41, 5.74) is 0.545. The lowest BCUT2D eigenvalue weighted by Crippen LogP contribution is -2.32. The van der Waals surface area contributed by atoms with Gasteiger partial charge in [0.25, 0.3) is 0 Å². The predicted octanol–water partition coefficient (Wildman–Crippen LogP) is 1.34. The van der Waals surface area contributed by atoms with Crippen LogP contribution >= 0.6 is 0 Å². The Morgan fingerprint density at radius 1 is 1.37 bits per heavy atom. The van der Waals surface area contributed by atoms with Crippen LogP contribution in [-0.4, -0.2) is 20.4 Å². The van der Waals surface area contributed by atoms with Gasteiger partial charge >= 0.3 is 0 Å². The van der Waals surface area contributed by atoms with Crippen molar-refractivity contribution in [1.82, 2.24) is 4.72 Å². The van der Waals surface area contributed by atoms with E-state index in [4.69, 9.17) is 6.42 Å². The molecule has 0 fully saturated rings. The van der Waals surface area contributed by atoms with Crippen LogP contribution < -0.4 is 10.0 Å². The zero-order valence-corrected chi connectivity index (χ0v) is 11.6. The van der Waals surface area contributed by atoms with Gasteiger partial charge in [-0.15, -0.1) is 12.3 Å². The summed E-state index contributed by atoms with van der Waals surface area (Å²) in [4.78, 5) is 11.0. The maximum atomic E-state index is 12.0. The Kier molecular flexibility index (Phi) is 5.10. The second-order valence-corrected chi connectivity index (χ2v) is 5.85. The summed E-state index contributed by atoms with van der Waals surface area (Å²) in [5, 5.41) is 2.56. The molecule has 102 valence electrons. The van der Waals surface area contributed by atoms with Crippen molar-refractivity contribution >= 4 is 21.6 Å². The first-order valence-corrected chi connectivity index (χ1v) is 7.17. The number of anilines is 1. The standard InChI is InChI=1S/C13H16N2O3S/c1-4-5-10(2)15-19(17,18)13-8-6-12(7-9-13)14-11(3)16/h1,6-10,15H,5H2,2-3H3,(H,14,16). The lowest BCUT2D eigenvalue weighted by molar-refractivity contribution is -0.114. The average Bonchev–Trinajstić information content (AvgIpc) is 2.28. The quantitative estimate of drug-likeness (QED) is 0.799. The van der Waals surface area contributed by atoms with Crippen LogP contribution in [0, 0.1) is 12.3 Å². The third-order valence-electron chi connectivity index (χ3n) is 2.27. The van der Waals surface area contributed by atoms with E-state index in [1.807, 2.05) is 0 Å². The highest BCUT2D eigenvalue weighted by Crippen LogP contribution is 2.14. The van der Waals surface area contributed by atoms with Gasteiger partial charge in [0, 0.05) is 25.1 Å². The summed E-state index contributed by atoms with van der Waals surface area (Å²) >= 11 is 0. The normalized spacial score (nSPS) is 12.5. The molecule has 0 heterocycles. The molecule has 5 nitrogen and oxygen atoms in total. The van der Waals surface area contributed by atoms with Gasteiger partial charge in [0.2, 0.25) is 15.9 Å². The van der Waals surface area contributed by atoms with E-state index >= 15 is 0 Å². The second-order valence-electron chi connectivity index (χ2n) is 4.14. The smallest absolute Gasteiger partial charge is 0.240 e. The van der Waals surface area contributed by atoms with E-state index in [1.165, 1.54) is 31.2 Å². The van der Waals surface area contributed by atoms with Crippen molar-refractivity contribution in [2.75, 3.05) is 5.32 Å². The topological polar surface area (TPSA) is 75.3 Å². The molecule has 6 heteroatoms. The van der Waals surface area contributed by atoms with Gasteiger partial charge in [-0.3, -0.25) is 4.79 Å². The Bertz CT molecular complexity index is 585. The number of hydrogen-bond acceptors (Lipinski definition) is 3. The van der Waals surface area contributed by atoms with Crippen molar-refractivity contribution in [1.29, 1.82) is 0 Å². The molecule has 1 atom stereocenters. The van der Waals surface area contributed by atoms with Gasteiger partial charge in [0.15, 0.2) is 0 Å². The summed E-state index contributed by atoms with van der Waals surface area (Å²) < 4.78 is 26.4. The van der Waals surface area contributed by atoms with E-state index < -0.39 is 10.0 Å². The zero-order chi connectivity index (χ0) is 14.5. The Morgan fingerprint density at radius 3 is 2.42 bits per heavy atom. The van der Waals surface area contributed by atoms with Gasteiger partial charge in [-0.1, -0.05) is 0 Å². The first-order chi connectivity index (χ1) is 8.85. The number of carbonyl (C=O) groups is 1. The van der Waals surface area contributed by atoms with E-state index in [0.717, 1.165) is 0 Å².